The number of nitrogens with zero attached hydrogens (tertiary/aromatic N) is 3. The Kier molecular flexibility index (Phi) is 2.01. The van der Waals surface area contributed by atoms with Crippen molar-refractivity contribution < 1.29 is 4.79 Å². The van der Waals surface area contributed by atoms with Gasteiger partial charge < -0.3 is 9.80 Å². The first kappa shape index (κ1) is 10.6. The lowest BCUT2D eigenvalue weighted by molar-refractivity contribution is 0.0754. The summed E-state index contributed by atoms with van der Waals surface area (Å²) >= 11 is 0. The number of H-pyrrole nitrogens is 1. The first-order valence-electron chi connectivity index (χ1n) is 6.45. The zero-order valence-corrected chi connectivity index (χ0v) is 10.6. The normalized spacial score (nSPS) is 21.3. The number of amides is 1. The molecule has 1 amide bonds. The van der Waals surface area contributed by atoms with Crippen molar-refractivity contribution in [2.24, 2.45) is 0 Å². The molecule has 1 atom stereocenters. The summed E-state index contributed by atoms with van der Waals surface area (Å²) in [6.45, 7) is 3.98. The van der Waals surface area contributed by atoms with Crippen LogP contribution in [0.2, 0.25) is 0 Å². The third-order valence-corrected chi connectivity index (χ3v) is 3.81. The average molecular weight is 254 g/mol. The summed E-state index contributed by atoms with van der Waals surface area (Å²) in [4.78, 5) is 16.7. The molecule has 0 spiro atoms. The number of fused-ring (bicyclic) bond motifs is 2. The smallest absolute Gasteiger partial charge is 0.279 e. The molecule has 0 bridgehead atoms. The Morgan fingerprint density at radius 1 is 1.42 bits per heavy atom. The Balaban J connectivity index is 1.76. The van der Waals surface area contributed by atoms with Crippen molar-refractivity contribution in [1.29, 1.82) is 0 Å². The molecule has 1 unspecified atom stereocenters. The van der Waals surface area contributed by atoms with E-state index in [0.717, 1.165) is 24.0 Å². The van der Waals surface area contributed by atoms with Crippen LogP contribution in [0, 0.1) is 0 Å². The SMILES string of the molecule is CC1CN2CC2=CN1C(=O)c1n[nH]c2ccccc12. The molecule has 5 nitrogen and oxygen atoms in total. The molecule has 1 aromatic heterocycles. The summed E-state index contributed by atoms with van der Waals surface area (Å²) in [5.74, 6) is -0.0241. The molecule has 1 saturated heterocycles. The molecule has 2 aliphatic rings. The van der Waals surface area contributed by atoms with Gasteiger partial charge in [-0.3, -0.25) is 9.89 Å². The van der Waals surface area contributed by atoms with E-state index in [0.29, 0.717) is 5.69 Å². The maximum atomic E-state index is 12.6. The third-order valence-electron chi connectivity index (χ3n) is 3.81. The topological polar surface area (TPSA) is 52.0 Å². The first-order chi connectivity index (χ1) is 9.24. The molecule has 3 heterocycles. The van der Waals surface area contributed by atoms with E-state index in [1.165, 1.54) is 5.70 Å². The van der Waals surface area contributed by atoms with Crippen LogP contribution in [-0.2, 0) is 0 Å². The van der Waals surface area contributed by atoms with E-state index in [9.17, 15) is 4.79 Å². The van der Waals surface area contributed by atoms with Gasteiger partial charge in [0, 0.05) is 18.1 Å². The van der Waals surface area contributed by atoms with Crippen molar-refractivity contribution in [3.63, 3.8) is 0 Å². The van der Waals surface area contributed by atoms with Gasteiger partial charge in [0.1, 0.15) is 0 Å². The van der Waals surface area contributed by atoms with E-state index in [4.69, 9.17) is 0 Å². The minimum atomic E-state index is -0.0241. The summed E-state index contributed by atoms with van der Waals surface area (Å²) in [7, 11) is 0. The zero-order chi connectivity index (χ0) is 13.0. The molecule has 19 heavy (non-hydrogen) atoms. The van der Waals surface area contributed by atoms with E-state index >= 15 is 0 Å². The van der Waals surface area contributed by atoms with E-state index in [1.807, 2.05) is 30.5 Å². The molecule has 0 saturated carbocycles. The predicted octanol–water partition coefficient (Wildman–Crippen LogP) is 1.56. The van der Waals surface area contributed by atoms with Crippen LogP contribution in [0.25, 0.3) is 10.9 Å². The zero-order valence-electron chi connectivity index (χ0n) is 10.6. The number of benzene rings is 1. The Morgan fingerprint density at radius 3 is 3.16 bits per heavy atom. The van der Waals surface area contributed by atoms with Crippen LogP contribution in [0.1, 0.15) is 17.4 Å². The highest BCUT2D eigenvalue weighted by Gasteiger charge is 2.36. The molecule has 1 aromatic carbocycles. The number of nitrogens with one attached hydrogen (secondary N) is 1. The van der Waals surface area contributed by atoms with Gasteiger partial charge in [0.25, 0.3) is 5.91 Å². The highest BCUT2D eigenvalue weighted by molar-refractivity contribution is 6.05. The van der Waals surface area contributed by atoms with Crippen molar-refractivity contribution in [2.75, 3.05) is 13.1 Å². The van der Waals surface area contributed by atoms with Crippen molar-refractivity contribution in [1.82, 2.24) is 20.0 Å². The maximum Gasteiger partial charge on any atom is 0.279 e. The van der Waals surface area contributed by atoms with E-state index in [-0.39, 0.29) is 11.9 Å². The van der Waals surface area contributed by atoms with Crippen molar-refractivity contribution >= 4 is 16.8 Å². The van der Waals surface area contributed by atoms with Crippen molar-refractivity contribution in [3.05, 3.63) is 41.9 Å². The Morgan fingerprint density at radius 2 is 2.26 bits per heavy atom. The highest BCUT2D eigenvalue weighted by Crippen LogP contribution is 2.30. The van der Waals surface area contributed by atoms with Crippen molar-refractivity contribution in [2.45, 2.75) is 13.0 Å². The fourth-order valence-electron chi connectivity index (χ4n) is 2.67. The molecular formula is C14H14N4O. The number of para-hydroxylation sites is 1. The molecular weight excluding hydrogens is 240 g/mol. The van der Waals surface area contributed by atoms with Crippen molar-refractivity contribution in [3.8, 4) is 0 Å². The summed E-state index contributed by atoms with van der Waals surface area (Å²) in [5.41, 5.74) is 2.65. The molecule has 2 aromatic rings. The highest BCUT2D eigenvalue weighted by atomic mass is 16.2. The second-order valence-corrected chi connectivity index (χ2v) is 5.18. The molecule has 1 fully saturated rings. The van der Waals surface area contributed by atoms with Gasteiger partial charge in [-0.2, -0.15) is 5.10 Å². The predicted molar refractivity (Wildman–Crippen MR) is 71.4 cm³/mol. The molecule has 96 valence electrons. The second-order valence-electron chi connectivity index (χ2n) is 5.18. The lowest BCUT2D eigenvalue weighted by Crippen LogP contribution is -2.40. The molecule has 5 heteroatoms. The average Bonchev–Trinajstić information content (AvgIpc) is 3.03. The standard InChI is InChI=1S/C14H14N4O/c1-9-6-17-7-10(17)8-18(9)14(19)13-11-4-2-3-5-12(11)15-16-13/h2-5,8-9H,6-7H2,1H3,(H,15,16). The maximum absolute atomic E-state index is 12.6. The first-order valence-corrected chi connectivity index (χ1v) is 6.45. The number of hydrogen-bond donors (Lipinski definition) is 1. The molecule has 2 aliphatic heterocycles. The largest absolute Gasteiger partial charge is 0.364 e. The van der Waals surface area contributed by atoms with E-state index in [2.05, 4.69) is 22.0 Å². The number of rotatable bonds is 1. The number of aromatic amines is 1. The number of carbonyl (C=O) groups excluding carboxylic acids is 1. The lowest BCUT2D eigenvalue weighted by Gasteiger charge is -2.28. The van der Waals surface area contributed by atoms with Gasteiger partial charge >= 0.3 is 0 Å². The van der Waals surface area contributed by atoms with Crippen LogP contribution in [0.4, 0.5) is 0 Å². The van der Waals surface area contributed by atoms with Gasteiger partial charge in [-0.1, -0.05) is 18.2 Å². The lowest BCUT2D eigenvalue weighted by atomic mass is 10.1. The summed E-state index contributed by atoms with van der Waals surface area (Å²) in [6.07, 6.45) is 1.96. The van der Waals surface area contributed by atoms with Crippen LogP contribution < -0.4 is 0 Å². The quantitative estimate of drug-likeness (QED) is 0.786. The van der Waals surface area contributed by atoms with E-state index in [1.54, 1.807) is 4.90 Å². The number of carbonyl (C=O) groups is 1. The van der Waals surface area contributed by atoms with Crippen LogP contribution in [0.5, 0.6) is 0 Å². The Hall–Kier alpha value is -2.30. The van der Waals surface area contributed by atoms with E-state index < -0.39 is 0 Å². The second kappa shape index (κ2) is 3.60. The van der Waals surface area contributed by atoms with Crippen LogP contribution >= 0.6 is 0 Å². The molecule has 4 rings (SSSR count). The van der Waals surface area contributed by atoms with Gasteiger partial charge in [0.15, 0.2) is 5.69 Å². The minimum Gasteiger partial charge on any atom is -0.364 e. The van der Waals surface area contributed by atoms with Crippen LogP contribution in [0.3, 0.4) is 0 Å². The third kappa shape index (κ3) is 1.54. The fraction of sp³-hybridized carbons (Fsp3) is 0.286. The molecule has 1 N–H and O–H groups in total. The summed E-state index contributed by atoms with van der Waals surface area (Å²) in [5, 5.41) is 7.99. The van der Waals surface area contributed by atoms with Gasteiger partial charge in [-0.15, -0.1) is 0 Å². The van der Waals surface area contributed by atoms with Crippen LogP contribution in [0.15, 0.2) is 36.2 Å². The van der Waals surface area contributed by atoms with Gasteiger partial charge in [-0.05, 0) is 13.0 Å². The molecule has 0 aliphatic carbocycles. The fourth-order valence-corrected chi connectivity index (χ4v) is 2.67. The summed E-state index contributed by atoms with van der Waals surface area (Å²) in [6, 6.07) is 7.91. The van der Waals surface area contributed by atoms with Gasteiger partial charge in [0.05, 0.1) is 23.8 Å². The van der Waals surface area contributed by atoms with Crippen LogP contribution in [-0.4, -0.2) is 45.0 Å². The monoisotopic (exact) mass is 254 g/mol. The minimum absolute atomic E-state index is 0.0241. The Bertz CT molecular complexity index is 702. The number of hydrogen-bond acceptors (Lipinski definition) is 3. The van der Waals surface area contributed by atoms with Gasteiger partial charge in [0.2, 0.25) is 0 Å². The Labute approximate surface area is 110 Å². The number of aromatic nitrogens is 2. The van der Waals surface area contributed by atoms with Gasteiger partial charge in [-0.25, -0.2) is 0 Å². The molecule has 0 radical (unpaired) electrons. The summed E-state index contributed by atoms with van der Waals surface area (Å²) < 4.78 is 0.